The smallest absolute Gasteiger partial charge is 0.274 e. The van der Waals surface area contributed by atoms with E-state index in [0.717, 1.165) is 41.5 Å². The average molecular weight is 720 g/mol. The monoisotopic (exact) mass is 719 g/mol. The van der Waals surface area contributed by atoms with Gasteiger partial charge in [0.2, 0.25) is 21.8 Å². The van der Waals surface area contributed by atoms with Crippen LogP contribution in [0.1, 0.15) is 76.7 Å². The van der Waals surface area contributed by atoms with Gasteiger partial charge in [0.25, 0.3) is 5.19 Å². The van der Waals surface area contributed by atoms with Gasteiger partial charge in [-0.1, -0.05) is 66.7 Å². The third-order valence-electron chi connectivity index (χ3n) is 11.1. The summed E-state index contributed by atoms with van der Waals surface area (Å²) in [5, 5.41) is 0.448. The number of hydrogen-bond donors (Lipinski definition) is 1. The van der Waals surface area contributed by atoms with Crippen molar-refractivity contribution in [2.45, 2.75) is 94.4 Å². The Bertz CT molecular complexity index is 1910. The average Bonchev–Trinajstić information content (AvgIpc) is 3.91. The number of hydrogen-bond acceptors (Lipinski definition) is 9. The van der Waals surface area contributed by atoms with Crippen LogP contribution in [0.15, 0.2) is 60.7 Å². The van der Waals surface area contributed by atoms with Crippen molar-refractivity contribution in [2.75, 3.05) is 13.7 Å². The van der Waals surface area contributed by atoms with E-state index in [1.807, 2.05) is 54.6 Å². The molecule has 5 atom stereocenters. The number of aromatic nitrogens is 1. The Balaban J connectivity index is 1.18. The van der Waals surface area contributed by atoms with Crippen LogP contribution in [0.25, 0.3) is 10.2 Å². The maximum Gasteiger partial charge on any atom is 0.274 e. The van der Waals surface area contributed by atoms with E-state index < -0.39 is 38.2 Å². The number of thiazole rings is 1. The fourth-order valence-electron chi connectivity index (χ4n) is 7.52. The quantitative estimate of drug-likeness (QED) is 0.281. The van der Waals surface area contributed by atoms with Gasteiger partial charge in [-0.2, -0.15) is 0 Å². The Hall–Kier alpha value is -3.77. The first-order valence-electron chi connectivity index (χ1n) is 17.7. The molecule has 1 saturated heterocycles. The molecule has 2 aromatic carbocycles. The van der Waals surface area contributed by atoms with E-state index >= 15 is 0 Å². The Morgan fingerprint density at radius 2 is 1.90 bits per heavy atom. The van der Waals surface area contributed by atoms with Crippen LogP contribution >= 0.6 is 11.3 Å². The molecule has 2 amide bonds. The fourth-order valence-corrected chi connectivity index (χ4v) is 9.77. The topological polar surface area (TPSA) is 132 Å². The maximum atomic E-state index is 14.6. The van der Waals surface area contributed by atoms with Crippen LogP contribution in [0, 0.1) is 17.3 Å². The highest BCUT2D eigenvalue weighted by molar-refractivity contribution is 7.91. The molecule has 10 nitrogen and oxygen atoms in total. The molecule has 0 spiro atoms. The summed E-state index contributed by atoms with van der Waals surface area (Å²) in [6, 6.07) is 14.7. The lowest BCUT2D eigenvalue weighted by atomic mass is 9.90. The summed E-state index contributed by atoms with van der Waals surface area (Å²) < 4.78 is 40.3. The van der Waals surface area contributed by atoms with E-state index in [4.69, 9.17) is 9.47 Å². The lowest BCUT2D eigenvalue weighted by molar-refractivity contribution is -0.142. The third-order valence-corrected chi connectivity index (χ3v) is 14.2. The van der Waals surface area contributed by atoms with Gasteiger partial charge in [-0.25, -0.2) is 13.4 Å². The number of nitrogens with one attached hydrogen (secondary N) is 1. The fraction of sp³-hybridized carbons (Fsp3) is 0.526. The molecule has 1 aromatic heterocycles. The largest absolute Gasteiger partial charge is 0.497 e. The van der Waals surface area contributed by atoms with E-state index in [0.29, 0.717) is 43.0 Å². The van der Waals surface area contributed by atoms with Crippen molar-refractivity contribution in [3.05, 3.63) is 66.2 Å². The Kier molecular flexibility index (Phi) is 9.53. The van der Waals surface area contributed by atoms with Crippen LogP contribution in [0.2, 0.25) is 0 Å². The minimum atomic E-state index is -3.89. The lowest BCUT2D eigenvalue weighted by Crippen LogP contribution is -2.47. The van der Waals surface area contributed by atoms with Gasteiger partial charge in [0.05, 0.1) is 40.1 Å². The first-order valence-corrected chi connectivity index (χ1v) is 20.0. The lowest BCUT2D eigenvalue weighted by Gasteiger charge is -2.29. The zero-order valence-corrected chi connectivity index (χ0v) is 30.3. The molecule has 2 aliphatic heterocycles. The van der Waals surface area contributed by atoms with Gasteiger partial charge in [-0.15, -0.1) is 0 Å². The molecule has 0 radical (unpaired) electrons. The molecule has 2 aliphatic carbocycles. The van der Waals surface area contributed by atoms with Crippen molar-refractivity contribution in [3.8, 4) is 10.9 Å². The van der Waals surface area contributed by atoms with E-state index in [1.165, 1.54) is 11.3 Å². The van der Waals surface area contributed by atoms with Crippen LogP contribution < -0.4 is 14.2 Å². The van der Waals surface area contributed by atoms with Gasteiger partial charge >= 0.3 is 0 Å². The summed E-state index contributed by atoms with van der Waals surface area (Å²) in [5.74, 6) is -0.804. The molecular formula is C38H45N3O7S2. The molecule has 0 bridgehead atoms. The van der Waals surface area contributed by atoms with E-state index in [2.05, 4.69) is 15.8 Å². The van der Waals surface area contributed by atoms with Gasteiger partial charge in [0, 0.05) is 18.8 Å². The molecule has 50 heavy (non-hydrogen) atoms. The first kappa shape index (κ1) is 34.7. The number of benzene rings is 2. The molecule has 1 N–H and O–H groups in total. The SMILES string of the molecule is COc1ccc2nc(O[C@@H]3C[C@H]4C(=O)C[C@]5(C(=O)NS(=O)(=O)C6(C)CC6)C[C@@H]5/C=C\CCCCC[C@H](Cc5ccccc5)C(=O)N4C3)sc2c1. The van der Waals surface area contributed by atoms with Crippen molar-refractivity contribution >= 4 is 49.2 Å². The number of nitrogens with zero attached hydrogens (tertiary/aromatic N) is 2. The van der Waals surface area contributed by atoms with Crippen molar-refractivity contribution in [1.82, 2.24) is 14.6 Å². The number of rotatable bonds is 8. The number of ketones is 1. The zero-order chi connectivity index (χ0) is 35.1. The second kappa shape index (κ2) is 13.7. The van der Waals surface area contributed by atoms with Gasteiger partial charge < -0.3 is 14.4 Å². The van der Waals surface area contributed by atoms with Gasteiger partial charge in [-0.3, -0.25) is 19.1 Å². The number of carbonyl (C=O) groups is 3. The van der Waals surface area contributed by atoms with Gasteiger partial charge in [0.1, 0.15) is 11.9 Å². The number of sulfonamides is 1. The molecule has 0 unspecified atom stereocenters. The third kappa shape index (κ3) is 7.06. The van der Waals surface area contributed by atoms with Crippen molar-refractivity contribution < 1.29 is 32.3 Å². The highest BCUT2D eigenvalue weighted by Gasteiger charge is 2.62. The standard InChI is InChI=1S/C38H45N3O7S2/c1-37(17-18-37)50(45,46)40-35(44)38-22-27(38)14-10-5-3-4-9-13-26(19-25-11-7-6-8-12-25)34(43)41-24-29(20-31(41)32(42)23-38)48-36-39-30-16-15-28(47-2)21-33(30)49-36/h6-8,10-12,14-16,21,26-27,29,31H,3-5,9,13,17-20,22-24H2,1-2H3,(H,40,44)/b14-10-/t26-,27+,29-,31+,38-/m1/s1. The molecule has 3 fully saturated rings. The van der Waals surface area contributed by atoms with E-state index in [1.54, 1.807) is 18.9 Å². The first-order chi connectivity index (χ1) is 24.0. The molecule has 12 heteroatoms. The zero-order valence-electron chi connectivity index (χ0n) is 28.6. The molecule has 3 heterocycles. The highest BCUT2D eigenvalue weighted by Crippen LogP contribution is 2.57. The number of ether oxygens (including phenoxy) is 2. The number of amides is 2. The number of allylic oxidation sites excluding steroid dienone is 2. The summed E-state index contributed by atoms with van der Waals surface area (Å²) in [5.41, 5.74) is 0.660. The summed E-state index contributed by atoms with van der Waals surface area (Å²) in [7, 11) is -2.28. The van der Waals surface area contributed by atoms with Crippen LogP contribution in [-0.4, -0.2) is 66.4 Å². The number of methoxy groups -OCH3 is 1. The summed E-state index contributed by atoms with van der Waals surface area (Å²) >= 11 is 1.38. The van der Waals surface area contributed by atoms with Crippen LogP contribution in [0.4, 0.5) is 0 Å². The molecule has 2 saturated carbocycles. The van der Waals surface area contributed by atoms with Gasteiger partial charge in [0.15, 0.2) is 5.78 Å². The Morgan fingerprint density at radius 3 is 2.66 bits per heavy atom. The summed E-state index contributed by atoms with van der Waals surface area (Å²) in [4.78, 5) is 49.2. The Labute approximate surface area is 297 Å². The van der Waals surface area contributed by atoms with Gasteiger partial charge in [-0.05, 0) is 81.5 Å². The molecular weight excluding hydrogens is 675 g/mol. The second-order valence-corrected chi connectivity index (χ2v) is 17.9. The predicted molar refractivity (Wildman–Crippen MR) is 191 cm³/mol. The van der Waals surface area contributed by atoms with E-state index in [-0.39, 0.29) is 42.9 Å². The van der Waals surface area contributed by atoms with Crippen molar-refractivity contribution in [1.29, 1.82) is 0 Å². The number of Topliss-reactive ketones (excluding diaryl/α,β-unsaturated/α-hetero) is 1. The van der Waals surface area contributed by atoms with E-state index in [9.17, 15) is 22.8 Å². The second-order valence-electron chi connectivity index (χ2n) is 14.7. The Morgan fingerprint density at radius 1 is 1.10 bits per heavy atom. The van der Waals surface area contributed by atoms with Crippen LogP contribution in [0.5, 0.6) is 10.9 Å². The molecule has 266 valence electrons. The van der Waals surface area contributed by atoms with Crippen LogP contribution in [0.3, 0.4) is 0 Å². The molecule has 7 rings (SSSR count). The number of carbonyl (C=O) groups excluding carboxylic acids is 3. The molecule has 3 aromatic rings. The summed E-state index contributed by atoms with van der Waals surface area (Å²) in [6.45, 7) is 1.86. The highest BCUT2D eigenvalue weighted by atomic mass is 32.2. The minimum absolute atomic E-state index is 0.0876. The minimum Gasteiger partial charge on any atom is -0.497 e. The maximum absolute atomic E-state index is 14.6. The van der Waals surface area contributed by atoms with Crippen molar-refractivity contribution in [3.63, 3.8) is 0 Å². The predicted octanol–water partition coefficient (Wildman–Crippen LogP) is 6.00. The van der Waals surface area contributed by atoms with Crippen LogP contribution in [-0.2, 0) is 30.8 Å². The normalized spacial score (nSPS) is 28.9. The number of fused-ring (bicyclic) bond motifs is 3. The molecule has 4 aliphatic rings. The van der Waals surface area contributed by atoms with Crippen molar-refractivity contribution in [2.24, 2.45) is 17.3 Å². The summed E-state index contributed by atoms with van der Waals surface area (Å²) in [6.07, 6.45) is 9.92.